The average molecular weight is 855 g/mol. The predicted octanol–water partition coefficient (Wildman–Crippen LogP) is 7.50. The molecule has 0 radical (unpaired) electrons. The van der Waals surface area contributed by atoms with Crippen LogP contribution in [0.5, 0.6) is 0 Å². The molecule has 11 nitrogen and oxygen atoms in total. The van der Waals surface area contributed by atoms with Crippen LogP contribution in [0.4, 0.5) is 0 Å². The number of nitrogens with one attached hydrogen (secondary N) is 2. The molecule has 3 amide bonds. The summed E-state index contributed by atoms with van der Waals surface area (Å²) in [6, 6.07) is -1.51. The third-order valence-corrected chi connectivity index (χ3v) is 20.6. The lowest BCUT2D eigenvalue weighted by atomic mass is 9.73. The molecule has 0 unspecified atom stereocenters. The Balaban J connectivity index is 1.15. The number of nitrogens with zero attached hydrogens (tertiary/aromatic N) is 2. The number of hydrogen-bond donors (Lipinski definition) is 2. The van der Waals surface area contributed by atoms with E-state index >= 15 is 4.79 Å². The van der Waals surface area contributed by atoms with Gasteiger partial charge in [-0.2, -0.15) is 0 Å². The highest BCUT2D eigenvalue weighted by Crippen LogP contribution is 2.88. The van der Waals surface area contributed by atoms with Crippen LogP contribution in [0.3, 0.4) is 0 Å². The van der Waals surface area contributed by atoms with Gasteiger partial charge in [-0.05, 0) is 120 Å². The minimum atomic E-state index is -3.92. The SMILES string of the molecule is CC[C@@H]1C[C@]1(CC(=O)[C@@H]1C[C@@]2(CN1C(=O)[C@@H](CC(=O)[C@@H](NC(=O)[C@@H]1CCCCN1C(C)C)C1CCCCC1)C(C)(C)C)C(C)(C)C21CCC1)C(=O)NS(=O)(=O)C1(C)CCC1. The summed E-state index contributed by atoms with van der Waals surface area (Å²) in [5, 5.41) is 3.29. The molecule has 5 saturated carbocycles. The van der Waals surface area contributed by atoms with E-state index in [0.717, 1.165) is 83.6 Å². The van der Waals surface area contributed by atoms with Crippen molar-refractivity contribution in [2.24, 2.45) is 44.8 Å². The van der Waals surface area contributed by atoms with Gasteiger partial charge in [0.2, 0.25) is 27.7 Å². The highest BCUT2D eigenvalue weighted by molar-refractivity contribution is 7.91. The molecule has 2 aliphatic heterocycles. The van der Waals surface area contributed by atoms with Crippen molar-refractivity contribution in [2.75, 3.05) is 13.1 Å². The van der Waals surface area contributed by atoms with Gasteiger partial charge < -0.3 is 10.2 Å². The largest absolute Gasteiger partial charge is 0.345 e. The summed E-state index contributed by atoms with van der Waals surface area (Å²) in [7, 11) is -3.92. The van der Waals surface area contributed by atoms with Gasteiger partial charge in [0, 0.05) is 36.8 Å². The molecule has 2 heterocycles. The lowest BCUT2D eigenvalue weighted by Gasteiger charge is -2.40. The summed E-state index contributed by atoms with van der Waals surface area (Å²) in [5.41, 5.74) is -2.02. The van der Waals surface area contributed by atoms with E-state index in [1.165, 1.54) is 0 Å². The number of Topliss-reactive ketones (excluding diaryl/α,β-unsaturated/α-hetero) is 2. The van der Waals surface area contributed by atoms with Gasteiger partial charge in [0.05, 0.1) is 28.3 Å². The van der Waals surface area contributed by atoms with Crippen molar-refractivity contribution in [2.45, 2.75) is 213 Å². The normalized spacial score (nSPS) is 33.1. The number of carbonyl (C=O) groups is 5. The van der Waals surface area contributed by atoms with Crippen LogP contribution in [0.1, 0.15) is 184 Å². The number of sulfonamides is 1. The zero-order chi connectivity index (χ0) is 43.8. The summed E-state index contributed by atoms with van der Waals surface area (Å²) < 4.78 is 28.3. The van der Waals surface area contributed by atoms with Gasteiger partial charge in [-0.1, -0.05) is 86.5 Å². The lowest BCUT2D eigenvalue weighted by molar-refractivity contribution is -0.147. The lowest BCUT2D eigenvalue weighted by Crippen LogP contribution is -2.57. The number of rotatable bonds is 15. The second kappa shape index (κ2) is 16.0. The summed E-state index contributed by atoms with van der Waals surface area (Å²) in [5.74, 6) is -1.97. The Kier molecular flexibility index (Phi) is 12.2. The van der Waals surface area contributed by atoms with Crippen molar-refractivity contribution < 1.29 is 32.4 Å². The highest BCUT2D eigenvalue weighted by atomic mass is 32.2. The molecule has 7 fully saturated rings. The Morgan fingerprint density at radius 3 is 1.95 bits per heavy atom. The Labute approximate surface area is 361 Å². The number of piperidine rings is 1. The predicted molar refractivity (Wildman–Crippen MR) is 233 cm³/mol. The van der Waals surface area contributed by atoms with Crippen LogP contribution in [0.2, 0.25) is 0 Å². The third kappa shape index (κ3) is 7.42. The first-order valence-corrected chi connectivity index (χ1v) is 25.5. The first-order chi connectivity index (χ1) is 28.0. The molecular weight excluding hydrogens is 777 g/mol. The summed E-state index contributed by atoms with van der Waals surface area (Å²) in [6.07, 6.45) is 14.2. The first kappa shape index (κ1) is 45.7. The number of carbonyl (C=O) groups excluding carboxylic acids is 5. The summed E-state index contributed by atoms with van der Waals surface area (Å²) in [6.45, 7) is 19.7. The molecule has 7 atom stereocenters. The van der Waals surface area contributed by atoms with E-state index < -0.39 is 49.5 Å². The van der Waals surface area contributed by atoms with Crippen LogP contribution in [-0.2, 0) is 34.0 Å². The van der Waals surface area contributed by atoms with Crippen LogP contribution >= 0.6 is 0 Å². The van der Waals surface area contributed by atoms with E-state index in [2.05, 4.69) is 42.6 Å². The molecule has 2 N–H and O–H groups in total. The molecule has 2 spiro atoms. The van der Waals surface area contributed by atoms with Crippen molar-refractivity contribution in [1.82, 2.24) is 19.8 Å². The van der Waals surface area contributed by atoms with E-state index in [9.17, 15) is 27.6 Å². The van der Waals surface area contributed by atoms with Crippen LogP contribution in [-0.4, -0.2) is 89.5 Å². The van der Waals surface area contributed by atoms with Gasteiger partial charge in [0.1, 0.15) is 0 Å². The Morgan fingerprint density at radius 2 is 1.43 bits per heavy atom. The highest BCUT2D eigenvalue weighted by Gasteiger charge is 2.85. The van der Waals surface area contributed by atoms with E-state index in [-0.39, 0.29) is 76.4 Å². The fraction of sp³-hybridized carbons (Fsp3) is 0.896. The fourth-order valence-electron chi connectivity index (χ4n) is 13.7. The van der Waals surface area contributed by atoms with Gasteiger partial charge in [-0.3, -0.25) is 33.6 Å². The van der Waals surface area contributed by atoms with Gasteiger partial charge in [0.15, 0.2) is 11.6 Å². The Hall–Kier alpha value is -2.34. The van der Waals surface area contributed by atoms with E-state index in [4.69, 9.17) is 0 Å². The van der Waals surface area contributed by atoms with Gasteiger partial charge in [-0.25, -0.2) is 8.42 Å². The number of fused-ring (bicyclic) bond motifs is 1. The van der Waals surface area contributed by atoms with Crippen molar-refractivity contribution in [3.8, 4) is 0 Å². The average Bonchev–Trinajstić information content (AvgIpc) is 3.89. The van der Waals surface area contributed by atoms with E-state index in [1.807, 2.05) is 27.7 Å². The third-order valence-electron chi connectivity index (χ3n) is 18.4. The molecule has 0 aromatic carbocycles. The van der Waals surface area contributed by atoms with E-state index in [1.54, 1.807) is 11.8 Å². The van der Waals surface area contributed by atoms with Crippen molar-refractivity contribution in [3.05, 3.63) is 0 Å². The van der Waals surface area contributed by atoms with Crippen LogP contribution in [0.15, 0.2) is 0 Å². The molecule has 0 aromatic rings. The smallest absolute Gasteiger partial charge is 0.240 e. The van der Waals surface area contributed by atoms with E-state index in [0.29, 0.717) is 38.6 Å². The molecule has 60 heavy (non-hydrogen) atoms. The molecule has 5 aliphatic carbocycles. The standard InChI is InChI=1S/C48H78N4O7S/c1-10-33-27-46(33,42(57)50-60(58,59)45(9)21-16-22-45)29-38(54)36-28-48(44(7,8)47(48)23-17-24-47)30-52(36)41(56)34(43(4,5)6)26-37(53)39(32-18-12-11-13-19-32)49-40(55)35-20-14-15-25-51(35)31(2)3/h31-36,39H,10-30H2,1-9H3,(H,49,55)(H,50,57)/t33-,34-,35+,36+,39+,46-,48-/m1/s1. The van der Waals surface area contributed by atoms with Crippen molar-refractivity contribution in [1.29, 1.82) is 0 Å². The molecule has 12 heteroatoms. The number of likely N-dealkylation sites (tertiary alicyclic amines) is 2. The van der Waals surface area contributed by atoms with Gasteiger partial charge in [0.25, 0.3) is 0 Å². The minimum absolute atomic E-state index is 0.0141. The molecular formula is C48H78N4O7S. The Morgan fingerprint density at radius 1 is 0.800 bits per heavy atom. The zero-order valence-corrected chi connectivity index (χ0v) is 39.4. The van der Waals surface area contributed by atoms with Crippen molar-refractivity contribution >= 4 is 39.3 Å². The molecule has 7 rings (SSSR count). The van der Waals surface area contributed by atoms with Crippen LogP contribution < -0.4 is 10.0 Å². The molecule has 0 bridgehead atoms. The molecule has 7 aliphatic rings. The number of ketones is 2. The monoisotopic (exact) mass is 855 g/mol. The maximum atomic E-state index is 15.4. The zero-order valence-electron chi connectivity index (χ0n) is 38.6. The Bertz CT molecular complexity index is 1820. The van der Waals surface area contributed by atoms with Crippen LogP contribution in [0.25, 0.3) is 0 Å². The quantitative estimate of drug-likeness (QED) is 0.172. The first-order valence-electron chi connectivity index (χ1n) is 24.0. The second-order valence-corrected chi connectivity index (χ2v) is 25.2. The minimum Gasteiger partial charge on any atom is -0.345 e. The number of amides is 3. The maximum Gasteiger partial charge on any atom is 0.240 e. The summed E-state index contributed by atoms with van der Waals surface area (Å²) >= 11 is 0. The topological polar surface area (TPSA) is 150 Å². The molecule has 0 aromatic heterocycles. The fourth-order valence-corrected chi connectivity index (χ4v) is 15.2. The van der Waals surface area contributed by atoms with Gasteiger partial charge >= 0.3 is 0 Å². The number of hydrogen-bond acceptors (Lipinski definition) is 8. The maximum absolute atomic E-state index is 15.4. The molecule has 2 saturated heterocycles. The van der Waals surface area contributed by atoms with Crippen LogP contribution in [0, 0.1) is 44.8 Å². The molecule has 338 valence electrons. The second-order valence-electron chi connectivity index (χ2n) is 23.0. The van der Waals surface area contributed by atoms with Gasteiger partial charge in [-0.15, -0.1) is 0 Å². The van der Waals surface area contributed by atoms with Crippen molar-refractivity contribution in [3.63, 3.8) is 0 Å². The summed E-state index contributed by atoms with van der Waals surface area (Å²) in [4.78, 5) is 77.5.